The summed E-state index contributed by atoms with van der Waals surface area (Å²) in [7, 11) is 0. The van der Waals surface area contributed by atoms with Crippen molar-refractivity contribution in [3.05, 3.63) is 76.2 Å². The molecule has 0 unspecified atom stereocenters. The molecule has 0 fully saturated rings. The predicted octanol–water partition coefficient (Wildman–Crippen LogP) is 5.18. The van der Waals surface area contributed by atoms with Crippen LogP contribution < -0.4 is 4.74 Å². The van der Waals surface area contributed by atoms with Crippen LogP contribution in [0.3, 0.4) is 0 Å². The van der Waals surface area contributed by atoms with Crippen LogP contribution in [0.15, 0.2) is 57.6 Å². The number of halogens is 2. The Kier molecular flexibility index (Phi) is 6.07. The third-order valence-electron chi connectivity index (χ3n) is 4.04. The molecule has 0 saturated heterocycles. The minimum Gasteiger partial charge on any atom is -0.485 e. The molecule has 2 heterocycles. The molecule has 0 aliphatic heterocycles. The van der Waals surface area contributed by atoms with Crippen LogP contribution >= 0.6 is 23.2 Å². The lowest BCUT2D eigenvalue weighted by molar-refractivity contribution is 0.285. The number of aryl methyl sites for hydroxylation is 2. The molecule has 0 atom stereocenters. The first kappa shape index (κ1) is 19.4. The molecule has 0 aliphatic carbocycles. The van der Waals surface area contributed by atoms with Gasteiger partial charge in [-0.25, -0.2) is 0 Å². The number of benzene rings is 2. The van der Waals surface area contributed by atoms with Crippen molar-refractivity contribution in [1.29, 1.82) is 0 Å². The average Bonchev–Trinajstić information content (AvgIpc) is 3.38. The lowest BCUT2D eigenvalue weighted by Crippen LogP contribution is -1.98. The number of rotatable bonds is 8. The molecule has 9 heteroatoms. The molecule has 7 nitrogen and oxygen atoms in total. The maximum atomic E-state index is 5.89. The second-order valence-electron chi connectivity index (χ2n) is 6.22. The highest BCUT2D eigenvalue weighted by Crippen LogP contribution is 2.19. The lowest BCUT2D eigenvalue weighted by Gasteiger charge is -2.02. The summed E-state index contributed by atoms with van der Waals surface area (Å²) in [6, 6.07) is 14.4. The molecule has 29 heavy (non-hydrogen) atoms. The van der Waals surface area contributed by atoms with Gasteiger partial charge in [-0.15, -0.1) is 0 Å². The number of aromatic nitrogens is 4. The van der Waals surface area contributed by atoms with Gasteiger partial charge in [0.15, 0.2) is 6.61 Å². The fourth-order valence-electron chi connectivity index (χ4n) is 2.59. The van der Waals surface area contributed by atoms with Crippen LogP contribution in [0.2, 0.25) is 10.0 Å². The highest BCUT2D eigenvalue weighted by Gasteiger charge is 2.11. The first-order chi connectivity index (χ1) is 14.2. The van der Waals surface area contributed by atoms with Gasteiger partial charge in [0.1, 0.15) is 5.75 Å². The van der Waals surface area contributed by atoms with Crippen molar-refractivity contribution in [3.8, 4) is 17.1 Å². The third kappa shape index (κ3) is 5.34. The maximum Gasteiger partial charge on any atom is 0.226 e. The summed E-state index contributed by atoms with van der Waals surface area (Å²) >= 11 is 11.7. The molecule has 0 bridgehead atoms. The van der Waals surface area contributed by atoms with E-state index in [0.29, 0.717) is 52.1 Å². The van der Waals surface area contributed by atoms with Crippen LogP contribution in [0.4, 0.5) is 0 Å². The summed E-state index contributed by atoms with van der Waals surface area (Å²) < 4.78 is 16.2. The molecule has 148 valence electrons. The summed E-state index contributed by atoms with van der Waals surface area (Å²) in [5.74, 6) is 2.81. The van der Waals surface area contributed by atoms with E-state index in [1.165, 1.54) is 0 Å². The van der Waals surface area contributed by atoms with Crippen molar-refractivity contribution >= 4 is 23.2 Å². The number of hydrogen-bond acceptors (Lipinski definition) is 7. The Labute approximate surface area is 176 Å². The topological polar surface area (TPSA) is 87.1 Å². The van der Waals surface area contributed by atoms with Crippen molar-refractivity contribution in [1.82, 2.24) is 20.3 Å². The van der Waals surface area contributed by atoms with Crippen LogP contribution in [0.5, 0.6) is 5.75 Å². The Balaban J connectivity index is 1.25. The lowest BCUT2D eigenvalue weighted by atomic mass is 10.2. The Morgan fingerprint density at radius 1 is 0.759 bits per heavy atom. The molecular formula is C20H16Cl2N4O3. The number of nitrogens with zero attached hydrogens (tertiary/aromatic N) is 4. The predicted molar refractivity (Wildman–Crippen MR) is 107 cm³/mol. The fraction of sp³-hybridized carbons (Fsp3) is 0.200. The minimum absolute atomic E-state index is 0.221. The smallest absolute Gasteiger partial charge is 0.226 e. The quantitative estimate of drug-likeness (QED) is 0.380. The minimum atomic E-state index is 0.221. The molecule has 2 aromatic carbocycles. The van der Waals surface area contributed by atoms with Crippen molar-refractivity contribution < 1.29 is 13.8 Å². The molecule has 4 aromatic rings. The molecule has 4 rings (SSSR count). The molecule has 0 spiro atoms. The molecule has 0 saturated carbocycles. The first-order valence-corrected chi connectivity index (χ1v) is 9.70. The second kappa shape index (κ2) is 9.07. The van der Waals surface area contributed by atoms with E-state index in [9.17, 15) is 0 Å². The van der Waals surface area contributed by atoms with Crippen LogP contribution in [-0.4, -0.2) is 20.3 Å². The highest BCUT2D eigenvalue weighted by atomic mass is 35.5. The summed E-state index contributed by atoms with van der Waals surface area (Å²) in [6.07, 6.45) is 1.95. The van der Waals surface area contributed by atoms with E-state index in [0.717, 1.165) is 12.0 Å². The molecule has 0 aliphatic rings. The third-order valence-corrected chi connectivity index (χ3v) is 4.55. The molecule has 2 aromatic heterocycles. The largest absolute Gasteiger partial charge is 0.485 e. The van der Waals surface area contributed by atoms with E-state index in [1.807, 2.05) is 12.1 Å². The summed E-state index contributed by atoms with van der Waals surface area (Å²) in [5, 5.41) is 9.24. The van der Waals surface area contributed by atoms with Gasteiger partial charge < -0.3 is 13.8 Å². The van der Waals surface area contributed by atoms with Crippen molar-refractivity contribution in [2.45, 2.75) is 25.9 Å². The van der Waals surface area contributed by atoms with Gasteiger partial charge in [-0.3, -0.25) is 0 Å². The zero-order valence-electron chi connectivity index (χ0n) is 15.2. The van der Waals surface area contributed by atoms with E-state index < -0.39 is 0 Å². The average molecular weight is 431 g/mol. The van der Waals surface area contributed by atoms with E-state index in [4.69, 9.17) is 37.0 Å². The monoisotopic (exact) mass is 430 g/mol. The molecular weight excluding hydrogens is 415 g/mol. The fourth-order valence-corrected chi connectivity index (χ4v) is 2.84. The van der Waals surface area contributed by atoms with Gasteiger partial charge in [-0.1, -0.05) is 33.5 Å². The summed E-state index contributed by atoms with van der Waals surface area (Å²) in [4.78, 5) is 8.73. The maximum absolute atomic E-state index is 5.89. The number of ether oxygens (including phenoxy) is 1. The van der Waals surface area contributed by atoms with E-state index in [1.54, 1.807) is 36.4 Å². The number of hydrogen-bond donors (Lipinski definition) is 0. The van der Waals surface area contributed by atoms with E-state index in [2.05, 4.69) is 20.3 Å². The Bertz CT molecular complexity index is 1060. The Hall–Kier alpha value is -2.90. The molecule has 0 N–H and O–H groups in total. The first-order valence-electron chi connectivity index (χ1n) is 8.94. The van der Waals surface area contributed by atoms with Gasteiger partial charge in [0, 0.05) is 28.5 Å². The van der Waals surface area contributed by atoms with Gasteiger partial charge in [0.25, 0.3) is 0 Å². The summed E-state index contributed by atoms with van der Waals surface area (Å²) in [6.45, 7) is 0.221. The van der Waals surface area contributed by atoms with Crippen LogP contribution in [0.1, 0.15) is 24.0 Å². The van der Waals surface area contributed by atoms with Crippen molar-refractivity contribution in [2.24, 2.45) is 0 Å². The Morgan fingerprint density at radius 2 is 1.38 bits per heavy atom. The van der Waals surface area contributed by atoms with Crippen molar-refractivity contribution in [3.63, 3.8) is 0 Å². The van der Waals surface area contributed by atoms with Crippen LogP contribution in [0.25, 0.3) is 11.4 Å². The van der Waals surface area contributed by atoms with Gasteiger partial charge in [-0.2, -0.15) is 9.97 Å². The van der Waals surface area contributed by atoms with Gasteiger partial charge in [-0.05, 0) is 55.0 Å². The van der Waals surface area contributed by atoms with Crippen LogP contribution in [0, 0.1) is 0 Å². The Morgan fingerprint density at radius 3 is 2.10 bits per heavy atom. The van der Waals surface area contributed by atoms with Gasteiger partial charge >= 0.3 is 0 Å². The van der Waals surface area contributed by atoms with Crippen LogP contribution in [-0.2, 0) is 19.4 Å². The normalized spacial score (nSPS) is 11.0. The molecule has 0 radical (unpaired) electrons. The highest BCUT2D eigenvalue weighted by molar-refractivity contribution is 6.30. The summed E-state index contributed by atoms with van der Waals surface area (Å²) in [5.41, 5.74) is 0.853. The zero-order valence-corrected chi connectivity index (χ0v) is 16.7. The van der Waals surface area contributed by atoms with E-state index >= 15 is 0 Å². The van der Waals surface area contributed by atoms with E-state index in [-0.39, 0.29) is 6.61 Å². The standard InChI is InChI=1S/C20H16Cl2N4O3/c21-14-6-4-13(5-7-14)20-24-19(29-26-20)3-1-2-18-23-17(25-28-18)12-27-16-10-8-15(22)9-11-16/h4-11H,1-3,12H2. The SMILES string of the molecule is Clc1ccc(OCc2noc(CCCc3nc(-c4ccc(Cl)cc4)no3)n2)cc1. The van der Waals surface area contributed by atoms with Gasteiger partial charge in [0.2, 0.25) is 23.4 Å². The zero-order chi connectivity index (χ0) is 20.1. The van der Waals surface area contributed by atoms with Gasteiger partial charge in [0.05, 0.1) is 0 Å². The van der Waals surface area contributed by atoms with Crippen molar-refractivity contribution in [2.75, 3.05) is 0 Å². The second-order valence-corrected chi connectivity index (χ2v) is 7.09. The molecule has 0 amide bonds.